The molecule has 1 aromatic carbocycles. The summed E-state index contributed by atoms with van der Waals surface area (Å²) in [7, 11) is 0. The first-order valence-electron chi connectivity index (χ1n) is 7.79. The second-order valence-electron chi connectivity index (χ2n) is 6.84. The molecule has 2 unspecified atom stereocenters. The quantitative estimate of drug-likeness (QED) is 0.765. The largest absolute Gasteiger partial charge is 0.342 e. The first-order valence-corrected chi connectivity index (χ1v) is 7.79. The minimum absolute atomic E-state index is 0.265. The molecular weight excluding hydrogens is 246 g/mol. The second kappa shape index (κ2) is 5.99. The second-order valence-corrected chi connectivity index (χ2v) is 6.84. The maximum atomic E-state index is 12.1. The molecule has 0 bridgehead atoms. The molecule has 1 amide bonds. The molecule has 1 aliphatic rings. The number of carbonyl (C=O) groups excluding carboxylic acids is 1. The third-order valence-corrected chi connectivity index (χ3v) is 4.35. The Kier molecular flexibility index (Phi) is 4.52. The molecule has 2 heteroatoms. The first kappa shape index (κ1) is 15.1. The average Bonchev–Trinajstić information content (AvgIpc) is 3.09. The predicted octanol–water partition coefficient (Wildman–Crippen LogP) is 4.07. The minimum atomic E-state index is 0.265. The number of carbonyl (C=O) groups is 1. The number of nitrogens with zero attached hydrogens (tertiary/aromatic N) is 1. The zero-order chi connectivity index (χ0) is 14.8. The van der Waals surface area contributed by atoms with Crippen molar-refractivity contribution in [2.75, 3.05) is 13.1 Å². The van der Waals surface area contributed by atoms with E-state index in [1.54, 1.807) is 0 Å². The van der Waals surface area contributed by atoms with Gasteiger partial charge in [-0.2, -0.15) is 0 Å². The lowest BCUT2D eigenvalue weighted by molar-refractivity contribution is -0.132. The summed E-state index contributed by atoms with van der Waals surface area (Å²) in [5, 5.41) is 0. The van der Waals surface area contributed by atoms with Gasteiger partial charge >= 0.3 is 0 Å². The van der Waals surface area contributed by atoms with Crippen molar-refractivity contribution in [1.29, 1.82) is 0 Å². The third kappa shape index (κ3) is 3.41. The van der Waals surface area contributed by atoms with E-state index in [1.165, 1.54) is 12.0 Å². The molecule has 1 saturated carbocycles. The Bertz CT molecular complexity index is 454. The minimum Gasteiger partial charge on any atom is -0.342 e. The smallest absolute Gasteiger partial charge is 0.222 e. The van der Waals surface area contributed by atoms with E-state index in [-0.39, 0.29) is 5.41 Å². The molecule has 0 heterocycles. The van der Waals surface area contributed by atoms with Crippen molar-refractivity contribution in [1.82, 2.24) is 4.90 Å². The van der Waals surface area contributed by atoms with Gasteiger partial charge in [-0.25, -0.2) is 0 Å². The summed E-state index contributed by atoms with van der Waals surface area (Å²) in [5.74, 6) is 1.43. The molecule has 0 radical (unpaired) electrons. The van der Waals surface area contributed by atoms with Crippen LogP contribution in [0.2, 0.25) is 0 Å². The van der Waals surface area contributed by atoms with Crippen LogP contribution < -0.4 is 0 Å². The molecule has 1 fully saturated rings. The summed E-state index contributed by atoms with van der Waals surface area (Å²) in [6, 6.07) is 10.7. The van der Waals surface area contributed by atoms with E-state index in [0.717, 1.165) is 13.1 Å². The standard InChI is InChI=1S/C18H27NO/c1-5-17(20)19(12-14(2)3)13-18(4)11-16(18)15-9-7-6-8-10-15/h6-10,14,16H,5,11-13H2,1-4H3. The molecule has 0 aliphatic heterocycles. The zero-order valence-electron chi connectivity index (χ0n) is 13.2. The van der Waals surface area contributed by atoms with Crippen LogP contribution in [0.3, 0.4) is 0 Å². The topological polar surface area (TPSA) is 20.3 Å². The normalized spacial score (nSPS) is 24.8. The summed E-state index contributed by atoms with van der Waals surface area (Å²) in [5.41, 5.74) is 1.68. The SMILES string of the molecule is CCC(=O)N(CC(C)C)CC1(C)CC1c1ccccc1. The monoisotopic (exact) mass is 273 g/mol. The number of hydrogen-bond donors (Lipinski definition) is 0. The molecule has 1 aromatic rings. The van der Waals surface area contributed by atoms with Crippen molar-refractivity contribution in [3.8, 4) is 0 Å². The van der Waals surface area contributed by atoms with E-state index in [2.05, 4.69) is 56.0 Å². The van der Waals surface area contributed by atoms with Gasteiger partial charge in [0.05, 0.1) is 0 Å². The molecule has 2 atom stereocenters. The lowest BCUT2D eigenvalue weighted by Gasteiger charge is -2.28. The van der Waals surface area contributed by atoms with E-state index in [4.69, 9.17) is 0 Å². The van der Waals surface area contributed by atoms with Crippen LogP contribution in [-0.4, -0.2) is 23.9 Å². The summed E-state index contributed by atoms with van der Waals surface area (Å²) in [6.07, 6.45) is 1.81. The Morgan fingerprint density at radius 2 is 2.00 bits per heavy atom. The maximum absolute atomic E-state index is 12.1. The molecule has 2 nitrogen and oxygen atoms in total. The van der Waals surface area contributed by atoms with Crippen LogP contribution in [0.15, 0.2) is 30.3 Å². The van der Waals surface area contributed by atoms with E-state index in [0.29, 0.717) is 24.2 Å². The fourth-order valence-corrected chi connectivity index (χ4v) is 3.14. The van der Waals surface area contributed by atoms with Crippen LogP contribution in [0.1, 0.15) is 52.0 Å². The molecule has 110 valence electrons. The number of rotatable bonds is 6. The zero-order valence-corrected chi connectivity index (χ0v) is 13.2. The van der Waals surface area contributed by atoms with Crippen LogP contribution >= 0.6 is 0 Å². The van der Waals surface area contributed by atoms with Crippen LogP contribution in [0.25, 0.3) is 0 Å². The number of amides is 1. The molecule has 0 saturated heterocycles. The fraction of sp³-hybridized carbons (Fsp3) is 0.611. The molecule has 0 aromatic heterocycles. The Morgan fingerprint density at radius 1 is 1.35 bits per heavy atom. The molecule has 20 heavy (non-hydrogen) atoms. The van der Waals surface area contributed by atoms with Gasteiger partial charge in [-0.05, 0) is 29.2 Å². The lowest BCUT2D eigenvalue weighted by Crippen LogP contribution is -2.38. The van der Waals surface area contributed by atoms with Gasteiger partial charge in [0, 0.05) is 19.5 Å². The van der Waals surface area contributed by atoms with Gasteiger partial charge in [-0.3, -0.25) is 4.79 Å². The highest BCUT2D eigenvalue weighted by Crippen LogP contribution is 2.59. The van der Waals surface area contributed by atoms with E-state index >= 15 is 0 Å². The van der Waals surface area contributed by atoms with Crippen molar-refractivity contribution in [2.24, 2.45) is 11.3 Å². The fourth-order valence-electron chi connectivity index (χ4n) is 3.14. The maximum Gasteiger partial charge on any atom is 0.222 e. The third-order valence-electron chi connectivity index (χ3n) is 4.35. The predicted molar refractivity (Wildman–Crippen MR) is 83.6 cm³/mol. The van der Waals surface area contributed by atoms with Gasteiger partial charge in [0.1, 0.15) is 0 Å². The molecule has 1 aliphatic carbocycles. The van der Waals surface area contributed by atoms with Gasteiger partial charge in [-0.15, -0.1) is 0 Å². The summed E-state index contributed by atoms with van der Waals surface area (Å²) in [4.78, 5) is 14.2. The Balaban J connectivity index is 2.03. The van der Waals surface area contributed by atoms with Gasteiger partial charge < -0.3 is 4.90 Å². The summed E-state index contributed by atoms with van der Waals surface area (Å²) >= 11 is 0. The first-order chi connectivity index (χ1) is 9.46. The van der Waals surface area contributed by atoms with Gasteiger partial charge in [0.15, 0.2) is 0 Å². The Morgan fingerprint density at radius 3 is 2.55 bits per heavy atom. The van der Waals surface area contributed by atoms with Crippen LogP contribution in [0.4, 0.5) is 0 Å². The highest BCUT2D eigenvalue weighted by Gasteiger charge is 2.51. The summed E-state index contributed by atoms with van der Waals surface area (Å²) < 4.78 is 0. The Labute approximate surface area is 123 Å². The van der Waals surface area contributed by atoms with Crippen molar-refractivity contribution < 1.29 is 4.79 Å². The lowest BCUT2D eigenvalue weighted by atomic mass is 9.99. The van der Waals surface area contributed by atoms with Gasteiger partial charge in [0.2, 0.25) is 5.91 Å². The Hall–Kier alpha value is -1.31. The van der Waals surface area contributed by atoms with E-state index in [9.17, 15) is 4.79 Å². The highest BCUT2D eigenvalue weighted by atomic mass is 16.2. The van der Waals surface area contributed by atoms with Gasteiger partial charge in [0.25, 0.3) is 0 Å². The number of benzene rings is 1. The van der Waals surface area contributed by atoms with Crippen LogP contribution in [-0.2, 0) is 4.79 Å². The van der Waals surface area contributed by atoms with Crippen molar-refractivity contribution in [3.05, 3.63) is 35.9 Å². The van der Waals surface area contributed by atoms with Crippen molar-refractivity contribution in [3.63, 3.8) is 0 Å². The molecular formula is C18H27NO. The van der Waals surface area contributed by atoms with E-state index < -0.39 is 0 Å². The van der Waals surface area contributed by atoms with Crippen LogP contribution in [0.5, 0.6) is 0 Å². The summed E-state index contributed by atoms with van der Waals surface area (Å²) in [6.45, 7) is 10.4. The van der Waals surface area contributed by atoms with Crippen LogP contribution in [0, 0.1) is 11.3 Å². The van der Waals surface area contributed by atoms with E-state index in [1.807, 2.05) is 6.92 Å². The van der Waals surface area contributed by atoms with Crippen molar-refractivity contribution >= 4 is 5.91 Å². The van der Waals surface area contributed by atoms with Crippen molar-refractivity contribution in [2.45, 2.75) is 46.5 Å². The van der Waals surface area contributed by atoms with Gasteiger partial charge in [-0.1, -0.05) is 58.0 Å². The number of hydrogen-bond acceptors (Lipinski definition) is 1. The highest BCUT2D eigenvalue weighted by molar-refractivity contribution is 5.76. The average molecular weight is 273 g/mol. The molecule has 0 spiro atoms. The molecule has 0 N–H and O–H groups in total. The molecule has 2 rings (SSSR count).